The Balaban J connectivity index is 1.97. The first-order valence-electron chi connectivity index (χ1n) is 8.80. The first kappa shape index (κ1) is 18.9. The second-order valence-electron chi connectivity index (χ2n) is 6.40. The van der Waals surface area contributed by atoms with Gasteiger partial charge in [-0.1, -0.05) is 23.5 Å². The molecule has 0 radical (unpaired) electrons. The molecule has 1 aliphatic heterocycles. The lowest BCUT2D eigenvalue weighted by atomic mass is 9.96. The average Bonchev–Trinajstić information content (AvgIpc) is 3.35. The predicted molar refractivity (Wildman–Crippen MR) is 107 cm³/mol. The predicted octanol–water partition coefficient (Wildman–Crippen LogP) is 2.01. The zero-order chi connectivity index (χ0) is 20.5. The molecule has 1 aliphatic rings. The zero-order valence-corrected chi connectivity index (χ0v) is 16.9. The number of rotatable bonds is 4. The van der Waals surface area contributed by atoms with Gasteiger partial charge < -0.3 is 13.9 Å². The number of ether oxygens (including phenoxy) is 2. The Morgan fingerprint density at radius 2 is 2.00 bits per heavy atom. The van der Waals surface area contributed by atoms with Crippen LogP contribution >= 0.6 is 11.3 Å². The van der Waals surface area contributed by atoms with Crippen molar-refractivity contribution in [1.29, 1.82) is 0 Å². The molecule has 0 saturated heterocycles. The lowest BCUT2D eigenvalue weighted by Gasteiger charge is -2.24. The Labute approximate surface area is 169 Å². The van der Waals surface area contributed by atoms with Crippen LogP contribution in [0.3, 0.4) is 0 Å². The van der Waals surface area contributed by atoms with Crippen LogP contribution in [0.4, 0.5) is 0 Å². The summed E-state index contributed by atoms with van der Waals surface area (Å²) in [6.45, 7) is 1.75. The highest BCUT2D eigenvalue weighted by Gasteiger charge is 2.33. The summed E-state index contributed by atoms with van der Waals surface area (Å²) in [5.74, 6) is 0.164. The third-order valence-electron chi connectivity index (χ3n) is 4.70. The summed E-state index contributed by atoms with van der Waals surface area (Å²) in [5, 5.41) is 0. The van der Waals surface area contributed by atoms with Crippen molar-refractivity contribution >= 4 is 23.4 Å². The van der Waals surface area contributed by atoms with Gasteiger partial charge in [-0.3, -0.25) is 9.36 Å². The topological polar surface area (TPSA) is 83.0 Å². The fourth-order valence-corrected chi connectivity index (χ4v) is 4.35. The molecule has 3 heterocycles. The van der Waals surface area contributed by atoms with Crippen molar-refractivity contribution in [1.82, 2.24) is 4.57 Å². The summed E-state index contributed by atoms with van der Waals surface area (Å²) in [6, 6.07) is 8.37. The zero-order valence-electron chi connectivity index (χ0n) is 16.0. The average molecular weight is 410 g/mol. The van der Waals surface area contributed by atoms with Crippen LogP contribution in [0.1, 0.15) is 24.1 Å². The Morgan fingerprint density at radius 3 is 2.62 bits per heavy atom. The van der Waals surface area contributed by atoms with Gasteiger partial charge in [0.15, 0.2) is 4.80 Å². The van der Waals surface area contributed by atoms with Gasteiger partial charge in [0.2, 0.25) is 0 Å². The number of nitrogens with zero attached hydrogens (tertiary/aromatic N) is 2. The largest absolute Gasteiger partial charge is 0.497 e. The number of thiazole rings is 1. The first-order chi connectivity index (χ1) is 14.0. The van der Waals surface area contributed by atoms with E-state index in [2.05, 4.69) is 4.99 Å². The molecule has 4 rings (SSSR count). The Kier molecular flexibility index (Phi) is 4.94. The Morgan fingerprint density at radius 1 is 1.24 bits per heavy atom. The van der Waals surface area contributed by atoms with Gasteiger partial charge in [-0.05, 0) is 36.8 Å². The smallest absolute Gasteiger partial charge is 0.338 e. The van der Waals surface area contributed by atoms with E-state index in [-0.39, 0.29) is 5.56 Å². The van der Waals surface area contributed by atoms with Gasteiger partial charge in [0.05, 0.1) is 48.6 Å². The lowest BCUT2D eigenvalue weighted by Crippen LogP contribution is -2.39. The van der Waals surface area contributed by atoms with E-state index < -0.39 is 12.0 Å². The van der Waals surface area contributed by atoms with Crippen LogP contribution in [0.15, 0.2) is 68.3 Å². The number of hydrogen-bond acceptors (Lipinski definition) is 7. The molecule has 1 unspecified atom stereocenters. The van der Waals surface area contributed by atoms with Crippen LogP contribution in [-0.2, 0) is 9.53 Å². The number of esters is 1. The molecule has 3 aromatic rings. The van der Waals surface area contributed by atoms with Gasteiger partial charge in [-0.2, -0.15) is 0 Å². The summed E-state index contributed by atoms with van der Waals surface area (Å²) in [7, 11) is 2.90. The molecule has 7 nitrogen and oxygen atoms in total. The molecule has 0 bridgehead atoms. The SMILES string of the molecule is COC(=O)C1=C(C)N=c2s/c(=C/c3ccoc3)c(=O)n2C1c1ccc(OC)cc1. The minimum Gasteiger partial charge on any atom is -0.497 e. The van der Waals surface area contributed by atoms with Crippen LogP contribution in [-0.4, -0.2) is 24.8 Å². The van der Waals surface area contributed by atoms with E-state index >= 15 is 0 Å². The van der Waals surface area contributed by atoms with Crippen LogP contribution < -0.4 is 19.6 Å². The van der Waals surface area contributed by atoms with Gasteiger partial charge >= 0.3 is 5.97 Å². The third kappa shape index (κ3) is 3.31. The van der Waals surface area contributed by atoms with Crippen molar-refractivity contribution in [3.63, 3.8) is 0 Å². The molecule has 1 aromatic carbocycles. The molecule has 0 fully saturated rings. The monoisotopic (exact) mass is 410 g/mol. The van der Waals surface area contributed by atoms with Crippen LogP contribution in [0.25, 0.3) is 6.08 Å². The maximum absolute atomic E-state index is 13.3. The van der Waals surface area contributed by atoms with E-state index in [9.17, 15) is 9.59 Å². The van der Waals surface area contributed by atoms with Crippen LogP contribution in [0.2, 0.25) is 0 Å². The minimum absolute atomic E-state index is 0.232. The number of carbonyl (C=O) groups excluding carboxylic acids is 1. The molecular weight excluding hydrogens is 392 g/mol. The highest BCUT2D eigenvalue weighted by atomic mass is 32.1. The number of furan rings is 1. The lowest BCUT2D eigenvalue weighted by molar-refractivity contribution is -0.136. The van der Waals surface area contributed by atoms with E-state index in [0.29, 0.717) is 26.4 Å². The molecule has 8 heteroatoms. The van der Waals surface area contributed by atoms with Crippen molar-refractivity contribution in [2.24, 2.45) is 4.99 Å². The quantitative estimate of drug-likeness (QED) is 0.615. The second kappa shape index (κ2) is 7.56. The highest BCUT2D eigenvalue weighted by Crippen LogP contribution is 2.31. The van der Waals surface area contributed by atoms with E-state index in [1.54, 1.807) is 50.8 Å². The maximum atomic E-state index is 13.3. The highest BCUT2D eigenvalue weighted by molar-refractivity contribution is 7.07. The second-order valence-corrected chi connectivity index (χ2v) is 7.41. The Hall–Kier alpha value is -3.39. The van der Waals surface area contributed by atoms with Crippen molar-refractivity contribution in [3.05, 3.63) is 84.9 Å². The summed E-state index contributed by atoms with van der Waals surface area (Å²) in [4.78, 5) is 30.9. The van der Waals surface area contributed by atoms with E-state index in [1.807, 2.05) is 12.1 Å². The molecule has 2 aromatic heterocycles. The normalized spacial score (nSPS) is 16.4. The number of benzene rings is 1. The van der Waals surface area contributed by atoms with Crippen LogP contribution in [0.5, 0.6) is 5.75 Å². The molecular formula is C21H18N2O5S. The maximum Gasteiger partial charge on any atom is 0.338 e. The summed E-state index contributed by atoms with van der Waals surface area (Å²) < 4.78 is 17.3. The van der Waals surface area contributed by atoms with E-state index in [0.717, 1.165) is 11.1 Å². The molecule has 0 aliphatic carbocycles. The third-order valence-corrected chi connectivity index (χ3v) is 5.68. The van der Waals surface area contributed by atoms with Gasteiger partial charge in [-0.15, -0.1) is 0 Å². The number of carbonyl (C=O) groups is 1. The first-order valence-corrected chi connectivity index (χ1v) is 9.62. The van der Waals surface area contributed by atoms with Crippen molar-refractivity contribution in [2.45, 2.75) is 13.0 Å². The number of fused-ring (bicyclic) bond motifs is 1. The van der Waals surface area contributed by atoms with Crippen molar-refractivity contribution in [2.75, 3.05) is 14.2 Å². The Bertz CT molecular complexity index is 1260. The summed E-state index contributed by atoms with van der Waals surface area (Å²) in [5.41, 5.74) is 2.16. The van der Waals surface area contributed by atoms with Gasteiger partial charge in [0.25, 0.3) is 5.56 Å². The van der Waals surface area contributed by atoms with Crippen molar-refractivity contribution in [3.8, 4) is 5.75 Å². The molecule has 0 spiro atoms. The standard InChI is InChI=1S/C21H18N2O5S/c1-12-17(20(25)27-3)18(14-4-6-15(26-2)7-5-14)23-19(24)16(29-21(23)22-12)10-13-8-9-28-11-13/h4-11,18H,1-3H3/b16-10+. The summed E-state index contributed by atoms with van der Waals surface area (Å²) in [6.07, 6.45) is 4.85. The molecule has 148 valence electrons. The number of methoxy groups -OCH3 is 2. The summed E-state index contributed by atoms with van der Waals surface area (Å²) >= 11 is 1.27. The van der Waals surface area contributed by atoms with E-state index in [1.165, 1.54) is 23.0 Å². The van der Waals surface area contributed by atoms with Crippen LogP contribution in [0, 0.1) is 0 Å². The fourth-order valence-electron chi connectivity index (χ4n) is 3.30. The number of aromatic nitrogens is 1. The molecule has 0 saturated carbocycles. The fraction of sp³-hybridized carbons (Fsp3) is 0.190. The minimum atomic E-state index is -0.642. The van der Waals surface area contributed by atoms with Gasteiger partial charge in [0, 0.05) is 5.56 Å². The molecule has 1 atom stereocenters. The van der Waals surface area contributed by atoms with Crippen molar-refractivity contribution < 1.29 is 18.7 Å². The van der Waals surface area contributed by atoms with Gasteiger partial charge in [-0.25, -0.2) is 9.79 Å². The molecule has 29 heavy (non-hydrogen) atoms. The van der Waals surface area contributed by atoms with Gasteiger partial charge in [0.1, 0.15) is 5.75 Å². The number of allylic oxidation sites excluding steroid dienone is 1. The molecule has 0 N–H and O–H groups in total. The number of hydrogen-bond donors (Lipinski definition) is 0. The molecule has 0 amide bonds. The van der Waals surface area contributed by atoms with E-state index in [4.69, 9.17) is 13.9 Å².